The lowest BCUT2D eigenvalue weighted by Crippen LogP contribution is -2.43. The zero-order valence-corrected chi connectivity index (χ0v) is 12.1. The molecule has 0 radical (unpaired) electrons. The van der Waals surface area contributed by atoms with Crippen molar-refractivity contribution >= 4 is 5.91 Å². The maximum atomic E-state index is 11.4. The van der Waals surface area contributed by atoms with Crippen LogP contribution in [0.25, 0.3) is 10.4 Å². The first-order chi connectivity index (χ1) is 10.3. The summed E-state index contributed by atoms with van der Waals surface area (Å²) in [5, 5.41) is 3.34. The van der Waals surface area contributed by atoms with Gasteiger partial charge < -0.3 is 23.8 Å². The fourth-order valence-corrected chi connectivity index (χ4v) is 1.65. The first kappa shape index (κ1) is 17.7. The maximum absolute atomic E-state index is 11.4. The van der Waals surface area contributed by atoms with Gasteiger partial charge in [-0.05, 0) is 5.53 Å². The molecule has 1 saturated heterocycles. The van der Waals surface area contributed by atoms with Crippen molar-refractivity contribution in [3.8, 4) is 0 Å². The van der Waals surface area contributed by atoms with E-state index in [1.54, 1.807) is 4.90 Å². The Kier molecular flexibility index (Phi) is 10.4. The number of carbonyl (C=O) groups is 1. The Labute approximate surface area is 123 Å². The van der Waals surface area contributed by atoms with Crippen LogP contribution in [-0.2, 0) is 23.7 Å². The second-order valence-electron chi connectivity index (χ2n) is 4.22. The lowest BCUT2D eigenvalue weighted by atomic mass is 10.4. The summed E-state index contributed by atoms with van der Waals surface area (Å²) in [6.07, 6.45) is 0. The van der Waals surface area contributed by atoms with Crippen molar-refractivity contribution in [1.29, 1.82) is 0 Å². The van der Waals surface area contributed by atoms with Gasteiger partial charge in [0.15, 0.2) is 0 Å². The molecular formula is C12H22N4O5. The summed E-state index contributed by atoms with van der Waals surface area (Å²) in [6.45, 7) is 5.11. The van der Waals surface area contributed by atoms with Crippen molar-refractivity contribution in [2.75, 3.05) is 72.5 Å². The smallest absolute Gasteiger partial charge is 0.248 e. The van der Waals surface area contributed by atoms with Crippen LogP contribution in [0.2, 0.25) is 0 Å². The lowest BCUT2D eigenvalue weighted by molar-refractivity contribution is -0.143. The molecule has 1 rings (SSSR count). The molecule has 1 fully saturated rings. The standard InChI is InChI=1S/C12H22N4O5/c13-15-14-1-4-18-7-9-20-10-8-19-5-2-16-3-6-21-11-12(16)17/h1-11H2. The monoisotopic (exact) mass is 302 g/mol. The highest BCUT2D eigenvalue weighted by atomic mass is 16.5. The second kappa shape index (κ2) is 12.4. The quantitative estimate of drug-likeness (QED) is 0.222. The van der Waals surface area contributed by atoms with Gasteiger partial charge in [-0.3, -0.25) is 4.79 Å². The molecule has 1 aliphatic rings. The van der Waals surface area contributed by atoms with E-state index in [0.717, 1.165) is 0 Å². The van der Waals surface area contributed by atoms with Gasteiger partial charge in [0.25, 0.3) is 0 Å². The lowest BCUT2D eigenvalue weighted by Gasteiger charge is -2.26. The molecule has 0 N–H and O–H groups in total. The summed E-state index contributed by atoms with van der Waals surface area (Å²) in [5.41, 5.74) is 8.04. The molecule has 0 saturated carbocycles. The molecule has 9 nitrogen and oxygen atoms in total. The van der Waals surface area contributed by atoms with Gasteiger partial charge in [-0.15, -0.1) is 0 Å². The highest BCUT2D eigenvalue weighted by Gasteiger charge is 2.17. The summed E-state index contributed by atoms with van der Waals surface area (Å²) in [7, 11) is 0. The largest absolute Gasteiger partial charge is 0.379 e. The summed E-state index contributed by atoms with van der Waals surface area (Å²) in [4.78, 5) is 15.8. The molecule has 0 aromatic carbocycles. The molecule has 1 aliphatic heterocycles. The minimum absolute atomic E-state index is 0.0129. The highest BCUT2D eigenvalue weighted by Crippen LogP contribution is 1.98. The Bertz CT molecular complexity index is 336. The van der Waals surface area contributed by atoms with Gasteiger partial charge in [0.05, 0.1) is 46.2 Å². The maximum Gasteiger partial charge on any atom is 0.248 e. The van der Waals surface area contributed by atoms with Gasteiger partial charge in [-0.25, -0.2) is 0 Å². The normalized spacial score (nSPS) is 15.0. The van der Waals surface area contributed by atoms with Gasteiger partial charge in [0, 0.05) is 24.5 Å². The number of hydrogen-bond acceptors (Lipinski definition) is 6. The van der Waals surface area contributed by atoms with E-state index in [2.05, 4.69) is 10.0 Å². The Hall–Kier alpha value is -1.38. The van der Waals surface area contributed by atoms with Crippen LogP contribution in [0, 0.1) is 0 Å². The number of nitrogens with zero attached hydrogens (tertiary/aromatic N) is 4. The number of ether oxygens (including phenoxy) is 4. The van der Waals surface area contributed by atoms with Crippen molar-refractivity contribution in [1.82, 2.24) is 4.90 Å². The van der Waals surface area contributed by atoms with Gasteiger partial charge in [-0.1, -0.05) is 5.11 Å². The van der Waals surface area contributed by atoms with Crippen molar-refractivity contribution < 1.29 is 23.7 Å². The Morgan fingerprint density at radius 2 is 1.81 bits per heavy atom. The fraction of sp³-hybridized carbons (Fsp3) is 0.917. The van der Waals surface area contributed by atoms with Crippen LogP contribution < -0.4 is 0 Å². The van der Waals surface area contributed by atoms with E-state index in [1.807, 2.05) is 0 Å². The second-order valence-corrected chi connectivity index (χ2v) is 4.22. The van der Waals surface area contributed by atoms with Crippen molar-refractivity contribution in [2.45, 2.75) is 0 Å². The van der Waals surface area contributed by atoms with Gasteiger partial charge in [0.2, 0.25) is 5.91 Å². The highest BCUT2D eigenvalue weighted by molar-refractivity contribution is 5.77. The van der Waals surface area contributed by atoms with E-state index in [4.69, 9.17) is 24.5 Å². The molecule has 0 atom stereocenters. The molecule has 21 heavy (non-hydrogen) atoms. The van der Waals surface area contributed by atoms with Crippen LogP contribution in [0.5, 0.6) is 0 Å². The number of amides is 1. The van der Waals surface area contributed by atoms with Gasteiger partial charge in [0.1, 0.15) is 6.61 Å². The molecule has 0 spiro atoms. The molecule has 0 aromatic heterocycles. The van der Waals surface area contributed by atoms with Gasteiger partial charge >= 0.3 is 0 Å². The van der Waals surface area contributed by atoms with E-state index >= 15 is 0 Å². The summed E-state index contributed by atoms with van der Waals surface area (Å²) >= 11 is 0. The first-order valence-electron chi connectivity index (χ1n) is 6.94. The molecule has 0 aromatic rings. The van der Waals surface area contributed by atoms with E-state index in [0.29, 0.717) is 65.9 Å². The van der Waals surface area contributed by atoms with E-state index in [1.165, 1.54) is 0 Å². The Morgan fingerprint density at radius 3 is 2.48 bits per heavy atom. The third-order valence-corrected chi connectivity index (χ3v) is 2.73. The van der Waals surface area contributed by atoms with E-state index in [-0.39, 0.29) is 12.5 Å². The van der Waals surface area contributed by atoms with Crippen molar-refractivity contribution in [2.24, 2.45) is 5.11 Å². The topological polar surface area (TPSA) is 106 Å². The summed E-state index contributed by atoms with van der Waals surface area (Å²) in [6, 6.07) is 0. The SMILES string of the molecule is [N-]=[N+]=NCCOCCOCCOCCN1CCOCC1=O. The first-order valence-corrected chi connectivity index (χ1v) is 6.94. The predicted molar refractivity (Wildman–Crippen MR) is 73.9 cm³/mol. The van der Waals surface area contributed by atoms with Crippen LogP contribution in [0.4, 0.5) is 0 Å². The van der Waals surface area contributed by atoms with E-state index < -0.39 is 0 Å². The summed E-state index contributed by atoms with van der Waals surface area (Å²) < 4.78 is 20.9. The molecule has 9 heteroatoms. The van der Waals surface area contributed by atoms with Crippen molar-refractivity contribution in [3.63, 3.8) is 0 Å². The number of hydrogen-bond donors (Lipinski definition) is 0. The molecule has 1 amide bonds. The fourth-order valence-electron chi connectivity index (χ4n) is 1.65. The Balaban J connectivity index is 1.80. The van der Waals surface area contributed by atoms with Crippen molar-refractivity contribution in [3.05, 3.63) is 10.4 Å². The number of rotatable bonds is 12. The molecule has 1 heterocycles. The molecule has 0 aliphatic carbocycles. The molecule has 120 valence electrons. The molecule has 0 bridgehead atoms. The minimum Gasteiger partial charge on any atom is -0.379 e. The zero-order chi connectivity index (χ0) is 15.2. The zero-order valence-electron chi connectivity index (χ0n) is 12.1. The van der Waals surface area contributed by atoms with Crippen LogP contribution in [0.1, 0.15) is 0 Å². The predicted octanol–water partition coefficient (Wildman–Crippen LogP) is 0.205. The minimum atomic E-state index is 0.0129. The summed E-state index contributed by atoms with van der Waals surface area (Å²) in [5.74, 6) is 0.0129. The third-order valence-electron chi connectivity index (χ3n) is 2.73. The molecule has 0 unspecified atom stereocenters. The van der Waals surface area contributed by atoms with Crippen LogP contribution in [0.3, 0.4) is 0 Å². The van der Waals surface area contributed by atoms with Crippen LogP contribution >= 0.6 is 0 Å². The molecular weight excluding hydrogens is 280 g/mol. The number of morpholine rings is 1. The average molecular weight is 302 g/mol. The average Bonchev–Trinajstić information content (AvgIpc) is 2.50. The van der Waals surface area contributed by atoms with Crippen LogP contribution in [0.15, 0.2) is 5.11 Å². The van der Waals surface area contributed by atoms with Crippen LogP contribution in [-0.4, -0.2) is 83.3 Å². The number of carbonyl (C=O) groups excluding carboxylic acids is 1. The Morgan fingerprint density at radius 1 is 1.14 bits per heavy atom. The third kappa shape index (κ3) is 9.22. The van der Waals surface area contributed by atoms with Gasteiger partial charge in [-0.2, -0.15) is 0 Å². The number of azide groups is 1. The van der Waals surface area contributed by atoms with E-state index in [9.17, 15) is 4.79 Å².